The van der Waals surface area contributed by atoms with Gasteiger partial charge in [-0.1, -0.05) is 34.5 Å². The van der Waals surface area contributed by atoms with Crippen LogP contribution in [0.5, 0.6) is 0 Å². The predicted octanol–water partition coefficient (Wildman–Crippen LogP) is 3.22. The second kappa shape index (κ2) is 5.61. The molecule has 4 nitrogen and oxygen atoms in total. The third kappa shape index (κ3) is 2.36. The lowest BCUT2D eigenvalue weighted by Crippen LogP contribution is -2.63. The minimum Gasteiger partial charge on any atom is -0.329 e. The molecule has 2 saturated heterocycles. The molecule has 2 heterocycles. The van der Waals surface area contributed by atoms with Crippen molar-refractivity contribution in [3.8, 4) is 0 Å². The second-order valence-electron chi connectivity index (χ2n) is 5.42. The van der Waals surface area contributed by atoms with Crippen molar-refractivity contribution >= 4 is 45.0 Å². The number of hydrogen-bond acceptors (Lipinski definition) is 2. The molecule has 2 amide bonds. The summed E-state index contributed by atoms with van der Waals surface area (Å²) in [6.07, 6.45) is 2.21. The molecular weight excluding hydrogens is 356 g/mol. The average Bonchev–Trinajstić information content (AvgIpc) is 2.95. The number of carbonyl (C=O) groups excluding carboxylic acids is 2. The van der Waals surface area contributed by atoms with Crippen LogP contribution in [-0.4, -0.2) is 35.3 Å². The van der Waals surface area contributed by atoms with Crippen molar-refractivity contribution in [3.63, 3.8) is 0 Å². The maximum atomic E-state index is 12.8. The molecule has 0 radical (unpaired) electrons. The van der Waals surface area contributed by atoms with E-state index in [9.17, 15) is 9.59 Å². The van der Waals surface area contributed by atoms with Crippen LogP contribution < -0.4 is 4.90 Å². The fourth-order valence-electron chi connectivity index (χ4n) is 3.22. The number of fused-ring (bicyclic) bond motifs is 1. The van der Waals surface area contributed by atoms with E-state index < -0.39 is 6.04 Å². The molecule has 1 aromatic rings. The molecule has 0 N–H and O–H groups in total. The SMILES string of the molecule is CCC1C(=O)N2CCCC2C(=O)N1c1cc(Br)ccc1Cl. The number of benzene rings is 1. The van der Waals surface area contributed by atoms with E-state index in [0.717, 1.165) is 17.3 Å². The molecule has 112 valence electrons. The van der Waals surface area contributed by atoms with Gasteiger partial charge in [0.05, 0.1) is 10.7 Å². The minimum atomic E-state index is -0.460. The maximum Gasteiger partial charge on any atom is 0.250 e. The second-order valence-corrected chi connectivity index (χ2v) is 6.74. The van der Waals surface area contributed by atoms with Gasteiger partial charge in [-0.15, -0.1) is 0 Å². The lowest BCUT2D eigenvalue weighted by molar-refractivity contribution is -0.144. The quantitative estimate of drug-likeness (QED) is 0.801. The Balaban J connectivity index is 2.08. The standard InChI is InChI=1S/C15H16BrClN2O2/c1-2-11-14(20)18-7-3-4-12(18)15(21)19(11)13-8-9(16)5-6-10(13)17/h5-6,8,11-12H,2-4,7H2,1H3. The Morgan fingerprint density at radius 2 is 2.10 bits per heavy atom. The van der Waals surface area contributed by atoms with Gasteiger partial charge in [-0.3, -0.25) is 14.5 Å². The zero-order valence-corrected chi connectivity index (χ0v) is 14.0. The summed E-state index contributed by atoms with van der Waals surface area (Å²) in [5.41, 5.74) is 0.614. The van der Waals surface area contributed by atoms with Crippen LogP contribution in [0.2, 0.25) is 5.02 Å². The van der Waals surface area contributed by atoms with Crippen molar-refractivity contribution in [2.45, 2.75) is 38.3 Å². The van der Waals surface area contributed by atoms with Gasteiger partial charge < -0.3 is 4.90 Å². The highest BCUT2D eigenvalue weighted by atomic mass is 79.9. The van der Waals surface area contributed by atoms with Crippen LogP contribution in [0.4, 0.5) is 5.69 Å². The van der Waals surface area contributed by atoms with E-state index in [-0.39, 0.29) is 17.9 Å². The Morgan fingerprint density at radius 1 is 1.33 bits per heavy atom. The summed E-state index contributed by atoms with van der Waals surface area (Å²) in [7, 11) is 0. The first-order valence-corrected chi connectivity index (χ1v) is 8.30. The number of nitrogens with zero attached hydrogens (tertiary/aromatic N) is 2. The van der Waals surface area contributed by atoms with Crippen molar-refractivity contribution < 1.29 is 9.59 Å². The van der Waals surface area contributed by atoms with Gasteiger partial charge in [0.15, 0.2) is 0 Å². The normalized spacial score (nSPS) is 25.5. The van der Waals surface area contributed by atoms with Crippen LogP contribution in [0.25, 0.3) is 0 Å². The summed E-state index contributed by atoms with van der Waals surface area (Å²) in [5.74, 6) is 0.0228. The van der Waals surface area contributed by atoms with E-state index in [1.807, 2.05) is 13.0 Å². The summed E-state index contributed by atoms with van der Waals surface area (Å²) in [6.45, 7) is 2.61. The van der Waals surface area contributed by atoms with E-state index in [0.29, 0.717) is 23.7 Å². The minimum absolute atomic E-state index is 0.0149. The molecule has 2 unspecified atom stereocenters. The Labute approximate surface area is 137 Å². The summed E-state index contributed by atoms with van der Waals surface area (Å²) in [4.78, 5) is 28.8. The molecule has 0 bridgehead atoms. The average molecular weight is 372 g/mol. The van der Waals surface area contributed by atoms with Crippen molar-refractivity contribution in [1.82, 2.24) is 4.90 Å². The van der Waals surface area contributed by atoms with Crippen LogP contribution in [-0.2, 0) is 9.59 Å². The third-order valence-electron chi connectivity index (χ3n) is 4.21. The molecule has 2 aliphatic heterocycles. The third-order valence-corrected chi connectivity index (χ3v) is 5.02. The highest BCUT2D eigenvalue weighted by Gasteiger charge is 2.47. The van der Waals surface area contributed by atoms with Crippen LogP contribution in [0.1, 0.15) is 26.2 Å². The van der Waals surface area contributed by atoms with Gasteiger partial charge in [-0.2, -0.15) is 0 Å². The number of halogens is 2. The summed E-state index contributed by atoms with van der Waals surface area (Å²) >= 11 is 9.67. The van der Waals surface area contributed by atoms with Crippen LogP contribution >= 0.6 is 27.5 Å². The molecule has 6 heteroatoms. The van der Waals surface area contributed by atoms with E-state index in [1.54, 1.807) is 21.9 Å². The van der Waals surface area contributed by atoms with Gasteiger partial charge in [-0.05, 0) is 37.5 Å². The number of rotatable bonds is 2. The number of piperazine rings is 1. The number of carbonyl (C=O) groups is 2. The van der Waals surface area contributed by atoms with Crippen molar-refractivity contribution in [1.29, 1.82) is 0 Å². The van der Waals surface area contributed by atoms with E-state index >= 15 is 0 Å². The molecule has 2 fully saturated rings. The van der Waals surface area contributed by atoms with Gasteiger partial charge in [0, 0.05) is 11.0 Å². The van der Waals surface area contributed by atoms with Crippen molar-refractivity contribution in [3.05, 3.63) is 27.7 Å². The van der Waals surface area contributed by atoms with Crippen LogP contribution in [0.15, 0.2) is 22.7 Å². The molecule has 0 aromatic heterocycles. The first-order chi connectivity index (χ1) is 10.0. The Bertz CT molecular complexity index is 607. The summed E-state index contributed by atoms with van der Waals surface area (Å²) in [5, 5.41) is 0.490. The monoisotopic (exact) mass is 370 g/mol. The highest BCUT2D eigenvalue weighted by molar-refractivity contribution is 9.10. The van der Waals surface area contributed by atoms with Crippen molar-refractivity contribution in [2.75, 3.05) is 11.4 Å². The van der Waals surface area contributed by atoms with Gasteiger partial charge in [0.1, 0.15) is 12.1 Å². The summed E-state index contributed by atoms with van der Waals surface area (Å²) in [6, 6.07) is 4.59. The van der Waals surface area contributed by atoms with Gasteiger partial charge in [0.2, 0.25) is 5.91 Å². The first kappa shape index (κ1) is 14.9. The van der Waals surface area contributed by atoms with Crippen LogP contribution in [0, 0.1) is 0 Å². The lowest BCUT2D eigenvalue weighted by atomic mass is 10.0. The van der Waals surface area contributed by atoms with Crippen LogP contribution in [0.3, 0.4) is 0 Å². The topological polar surface area (TPSA) is 40.6 Å². The Hall–Kier alpha value is -1.07. The molecule has 3 rings (SSSR count). The molecule has 2 aliphatic rings. The van der Waals surface area contributed by atoms with Crippen molar-refractivity contribution in [2.24, 2.45) is 0 Å². The fraction of sp³-hybridized carbons (Fsp3) is 0.467. The predicted molar refractivity (Wildman–Crippen MR) is 85.5 cm³/mol. The molecule has 0 aliphatic carbocycles. The molecule has 21 heavy (non-hydrogen) atoms. The maximum absolute atomic E-state index is 12.8. The van der Waals surface area contributed by atoms with Gasteiger partial charge in [-0.25, -0.2) is 0 Å². The van der Waals surface area contributed by atoms with E-state index in [1.165, 1.54) is 0 Å². The van der Waals surface area contributed by atoms with Gasteiger partial charge in [0.25, 0.3) is 5.91 Å². The number of amides is 2. The summed E-state index contributed by atoms with van der Waals surface area (Å²) < 4.78 is 0.839. The lowest BCUT2D eigenvalue weighted by Gasteiger charge is -2.42. The van der Waals surface area contributed by atoms with E-state index in [4.69, 9.17) is 11.6 Å². The number of hydrogen-bond donors (Lipinski definition) is 0. The number of anilines is 1. The largest absolute Gasteiger partial charge is 0.329 e. The molecule has 0 saturated carbocycles. The first-order valence-electron chi connectivity index (χ1n) is 7.13. The van der Waals surface area contributed by atoms with Gasteiger partial charge >= 0.3 is 0 Å². The zero-order valence-electron chi connectivity index (χ0n) is 11.7. The molecular formula is C15H16BrClN2O2. The Kier molecular flexibility index (Phi) is 3.97. The fourth-order valence-corrected chi connectivity index (χ4v) is 3.78. The highest BCUT2D eigenvalue weighted by Crippen LogP contribution is 2.36. The molecule has 0 spiro atoms. The Morgan fingerprint density at radius 3 is 2.81 bits per heavy atom. The smallest absolute Gasteiger partial charge is 0.250 e. The zero-order chi connectivity index (χ0) is 15.1. The molecule has 2 atom stereocenters. The molecule has 1 aromatic carbocycles. The van der Waals surface area contributed by atoms with E-state index in [2.05, 4.69) is 15.9 Å².